The summed E-state index contributed by atoms with van der Waals surface area (Å²) in [4.78, 5) is 11.7. The van der Waals surface area contributed by atoms with Crippen molar-refractivity contribution < 1.29 is 14.6 Å². The molecule has 0 saturated carbocycles. The third kappa shape index (κ3) is 4.14. The summed E-state index contributed by atoms with van der Waals surface area (Å²) in [6.07, 6.45) is 0. The molecule has 0 bridgehead atoms. The fourth-order valence-corrected chi connectivity index (χ4v) is 1.73. The predicted molar refractivity (Wildman–Crippen MR) is 81.7 cm³/mol. The zero-order valence-corrected chi connectivity index (χ0v) is 12.0. The first-order valence-electron chi connectivity index (χ1n) is 6.59. The molecule has 0 aliphatic carbocycles. The number of hydrogen-bond acceptors (Lipinski definition) is 3. The molecule has 0 aliphatic rings. The van der Waals surface area contributed by atoms with Gasteiger partial charge >= 0.3 is 6.03 Å². The first kappa shape index (κ1) is 14.7. The number of phenols is 1. The van der Waals surface area contributed by atoms with Crippen LogP contribution in [0.25, 0.3) is 0 Å². The second kappa shape index (κ2) is 6.65. The smallest absolute Gasteiger partial charge is 0.321 e. The quantitative estimate of drug-likeness (QED) is 0.597. The summed E-state index contributed by atoms with van der Waals surface area (Å²) >= 11 is 0. The molecule has 0 heterocycles. The Morgan fingerprint density at radius 2 is 1.90 bits per heavy atom. The Bertz CT molecular complexity index is 641. The van der Waals surface area contributed by atoms with E-state index in [1.807, 2.05) is 32.0 Å². The lowest BCUT2D eigenvalue weighted by Gasteiger charge is -2.11. The molecular formula is C16H18N2O3. The van der Waals surface area contributed by atoms with E-state index >= 15 is 0 Å². The maximum atomic E-state index is 11.7. The summed E-state index contributed by atoms with van der Waals surface area (Å²) in [5, 5.41) is 14.6. The number of amides is 2. The molecule has 2 aromatic rings. The highest BCUT2D eigenvalue weighted by Crippen LogP contribution is 2.21. The third-order valence-corrected chi connectivity index (χ3v) is 3.10. The minimum absolute atomic E-state index is 0.0164. The van der Waals surface area contributed by atoms with Crippen LogP contribution < -0.4 is 15.4 Å². The van der Waals surface area contributed by atoms with Crippen molar-refractivity contribution >= 4 is 11.7 Å². The Hall–Kier alpha value is -2.69. The lowest BCUT2D eigenvalue weighted by molar-refractivity contribution is 0.234. The largest absolute Gasteiger partial charge is 0.506 e. The van der Waals surface area contributed by atoms with Gasteiger partial charge in [-0.2, -0.15) is 0 Å². The second-order valence-corrected chi connectivity index (χ2v) is 4.68. The van der Waals surface area contributed by atoms with E-state index in [1.165, 1.54) is 11.6 Å². The van der Waals surface area contributed by atoms with Crippen LogP contribution >= 0.6 is 0 Å². The molecular weight excluding hydrogens is 268 g/mol. The van der Waals surface area contributed by atoms with E-state index in [0.29, 0.717) is 11.4 Å². The van der Waals surface area contributed by atoms with Gasteiger partial charge in [0.1, 0.15) is 11.5 Å². The van der Waals surface area contributed by atoms with Gasteiger partial charge in [-0.05, 0) is 49.2 Å². The number of carbonyl (C=O) groups is 1. The van der Waals surface area contributed by atoms with E-state index in [0.717, 1.165) is 5.56 Å². The number of ether oxygens (including phenoxy) is 1. The molecule has 0 aromatic heterocycles. The van der Waals surface area contributed by atoms with Crippen molar-refractivity contribution in [2.75, 3.05) is 12.0 Å². The highest BCUT2D eigenvalue weighted by molar-refractivity contribution is 5.90. The summed E-state index contributed by atoms with van der Waals surface area (Å²) < 4.78 is 5.45. The zero-order valence-electron chi connectivity index (χ0n) is 12.0. The number of benzene rings is 2. The lowest BCUT2D eigenvalue weighted by Crippen LogP contribution is -2.32. The third-order valence-electron chi connectivity index (χ3n) is 3.10. The predicted octanol–water partition coefficient (Wildman–Crippen LogP) is 3.17. The van der Waals surface area contributed by atoms with Crippen molar-refractivity contribution in [2.24, 2.45) is 0 Å². The standard InChI is InChI=1S/C16H18N2O3/c1-11-7-8-13(9-12(11)2)21-10-17-16(20)18-14-5-3-4-6-15(14)19/h3-9,19H,10H2,1-2H3,(H2,17,18,20). The zero-order chi connectivity index (χ0) is 15.2. The number of urea groups is 1. The molecule has 0 saturated heterocycles. The molecule has 2 rings (SSSR count). The normalized spacial score (nSPS) is 10.0. The van der Waals surface area contributed by atoms with E-state index in [2.05, 4.69) is 10.6 Å². The van der Waals surface area contributed by atoms with Crippen LogP contribution in [0.1, 0.15) is 11.1 Å². The Morgan fingerprint density at radius 3 is 2.62 bits per heavy atom. The van der Waals surface area contributed by atoms with Crippen molar-refractivity contribution in [2.45, 2.75) is 13.8 Å². The first-order chi connectivity index (χ1) is 10.1. The molecule has 5 nitrogen and oxygen atoms in total. The van der Waals surface area contributed by atoms with Gasteiger partial charge in [0, 0.05) is 0 Å². The van der Waals surface area contributed by atoms with Gasteiger partial charge in [0.15, 0.2) is 6.73 Å². The second-order valence-electron chi connectivity index (χ2n) is 4.68. The lowest BCUT2D eigenvalue weighted by atomic mass is 10.1. The van der Waals surface area contributed by atoms with Crippen LogP contribution in [-0.2, 0) is 0 Å². The van der Waals surface area contributed by atoms with E-state index in [-0.39, 0.29) is 12.5 Å². The molecule has 2 amide bonds. The van der Waals surface area contributed by atoms with Crippen LogP contribution in [0.3, 0.4) is 0 Å². The van der Waals surface area contributed by atoms with Crippen LogP contribution in [-0.4, -0.2) is 17.9 Å². The van der Waals surface area contributed by atoms with Gasteiger partial charge in [-0.25, -0.2) is 4.79 Å². The SMILES string of the molecule is Cc1ccc(OCNC(=O)Nc2ccccc2O)cc1C. The Balaban J connectivity index is 1.82. The average molecular weight is 286 g/mol. The van der Waals surface area contributed by atoms with Gasteiger partial charge in [0.25, 0.3) is 0 Å². The van der Waals surface area contributed by atoms with Crippen molar-refractivity contribution in [3.8, 4) is 11.5 Å². The number of para-hydroxylation sites is 2. The average Bonchev–Trinajstić information content (AvgIpc) is 2.45. The maximum Gasteiger partial charge on any atom is 0.321 e. The number of anilines is 1. The first-order valence-corrected chi connectivity index (χ1v) is 6.59. The molecule has 110 valence electrons. The topological polar surface area (TPSA) is 70.6 Å². The number of rotatable bonds is 4. The van der Waals surface area contributed by atoms with Gasteiger partial charge in [0.05, 0.1) is 5.69 Å². The van der Waals surface area contributed by atoms with Crippen LogP contribution in [0, 0.1) is 13.8 Å². The van der Waals surface area contributed by atoms with Gasteiger partial charge in [-0.15, -0.1) is 0 Å². The van der Waals surface area contributed by atoms with Crippen molar-refractivity contribution in [1.82, 2.24) is 5.32 Å². The summed E-state index contributed by atoms with van der Waals surface area (Å²) in [5.41, 5.74) is 2.67. The Kier molecular flexibility index (Phi) is 4.66. The summed E-state index contributed by atoms with van der Waals surface area (Å²) in [7, 11) is 0. The fourth-order valence-electron chi connectivity index (χ4n) is 1.73. The van der Waals surface area contributed by atoms with Crippen molar-refractivity contribution in [3.63, 3.8) is 0 Å². The van der Waals surface area contributed by atoms with E-state index < -0.39 is 6.03 Å². The van der Waals surface area contributed by atoms with Crippen LogP contribution in [0.4, 0.5) is 10.5 Å². The number of phenolic OH excluding ortho intramolecular Hbond substituents is 1. The molecule has 5 heteroatoms. The summed E-state index contributed by atoms with van der Waals surface area (Å²) in [5.74, 6) is 0.712. The molecule has 3 N–H and O–H groups in total. The molecule has 0 atom stereocenters. The van der Waals surface area contributed by atoms with Gasteiger partial charge in [-0.3, -0.25) is 0 Å². The van der Waals surface area contributed by atoms with Crippen molar-refractivity contribution in [1.29, 1.82) is 0 Å². The highest BCUT2D eigenvalue weighted by atomic mass is 16.5. The number of carbonyl (C=O) groups excluding carboxylic acids is 1. The molecule has 0 fully saturated rings. The van der Waals surface area contributed by atoms with E-state index in [1.54, 1.807) is 18.2 Å². The number of aromatic hydroxyl groups is 1. The minimum atomic E-state index is -0.444. The number of aryl methyl sites for hydroxylation is 2. The molecule has 21 heavy (non-hydrogen) atoms. The molecule has 2 aromatic carbocycles. The summed E-state index contributed by atoms with van der Waals surface area (Å²) in [6.45, 7) is 4.07. The van der Waals surface area contributed by atoms with Gasteiger partial charge < -0.3 is 20.5 Å². The van der Waals surface area contributed by atoms with Crippen LogP contribution in [0.15, 0.2) is 42.5 Å². The molecule has 0 unspecified atom stereocenters. The Labute approximate surface area is 123 Å². The van der Waals surface area contributed by atoms with Gasteiger partial charge in [0.2, 0.25) is 0 Å². The van der Waals surface area contributed by atoms with Crippen LogP contribution in [0.5, 0.6) is 11.5 Å². The highest BCUT2D eigenvalue weighted by Gasteiger charge is 2.05. The monoisotopic (exact) mass is 286 g/mol. The Morgan fingerprint density at radius 1 is 1.14 bits per heavy atom. The van der Waals surface area contributed by atoms with Gasteiger partial charge in [-0.1, -0.05) is 18.2 Å². The van der Waals surface area contributed by atoms with Crippen LogP contribution in [0.2, 0.25) is 0 Å². The number of nitrogens with one attached hydrogen (secondary N) is 2. The molecule has 0 aliphatic heterocycles. The molecule has 0 radical (unpaired) electrons. The van der Waals surface area contributed by atoms with E-state index in [9.17, 15) is 9.90 Å². The maximum absolute atomic E-state index is 11.7. The number of hydrogen-bond donors (Lipinski definition) is 3. The van der Waals surface area contributed by atoms with E-state index in [4.69, 9.17) is 4.74 Å². The molecule has 0 spiro atoms. The fraction of sp³-hybridized carbons (Fsp3) is 0.188. The van der Waals surface area contributed by atoms with Crippen molar-refractivity contribution in [3.05, 3.63) is 53.6 Å². The summed E-state index contributed by atoms with van der Waals surface area (Å²) in [6, 6.07) is 11.8. The minimum Gasteiger partial charge on any atom is -0.506 e.